The minimum absolute atomic E-state index is 0.194. The molecule has 2 N–H and O–H groups in total. The van der Waals surface area contributed by atoms with Gasteiger partial charge in [-0.25, -0.2) is 9.97 Å². The summed E-state index contributed by atoms with van der Waals surface area (Å²) in [6, 6.07) is 19.9. The maximum atomic E-state index is 5.88. The van der Waals surface area contributed by atoms with Gasteiger partial charge in [0.1, 0.15) is 11.2 Å². The van der Waals surface area contributed by atoms with Crippen molar-refractivity contribution in [3.05, 3.63) is 83.8 Å². The number of nitrogen functional groups attached to an aromatic ring is 1. The molecule has 0 aliphatic rings. The van der Waals surface area contributed by atoms with Gasteiger partial charge >= 0.3 is 0 Å². The number of aromatic nitrogens is 4. The van der Waals surface area contributed by atoms with Crippen molar-refractivity contribution in [2.75, 3.05) is 5.73 Å². The van der Waals surface area contributed by atoms with Crippen molar-refractivity contribution >= 4 is 17.1 Å². The van der Waals surface area contributed by atoms with Crippen LogP contribution in [-0.4, -0.2) is 19.5 Å². The number of nitrogens with two attached hydrogens (primary N) is 1. The highest BCUT2D eigenvalue weighted by molar-refractivity contribution is 5.78. The van der Waals surface area contributed by atoms with Gasteiger partial charge in [0.25, 0.3) is 0 Å². The Kier molecular flexibility index (Phi) is 3.85. The van der Waals surface area contributed by atoms with Crippen molar-refractivity contribution in [1.82, 2.24) is 19.5 Å². The second-order valence-corrected chi connectivity index (χ2v) is 5.58. The first-order chi connectivity index (χ1) is 12.3. The number of hydrogen-bond acceptors (Lipinski definition) is 4. The molecule has 25 heavy (non-hydrogen) atoms. The molecule has 0 saturated carbocycles. The van der Waals surface area contributed by atoms with Crippen molar-refractivity contribution in [2.45, 2.75) is 6.54 Å². The van der Waals surface area contributed by atoms with Gasteiger partial charge in [0, 0.05) is 5.56 Å². The monoisotopic (exact) mass is 325 g/mol. The average molecular weight is 325 g/mol. The van der Waals surface area contributed by atoms with E-state index in [1.807, 2.05) is 53.1 Å². The molecule has 0 spiro atoms. The van der Waals surface area contributed by atoms with E-state index in [-0.39, 0.29) is 5.95 Å². The molecule has 0 aliphatic heterocycles. The van der Waals surface area contributed by atoms with Gasteiger partial charge in [0.15, 0.2) is 5.65 Å². The third-order valence-corrected chi connectivity index (χ3v) is 3.78. The third-order valence-electron chi connectivity index (χ3n) is 3.78. The zero-order chi connectivity index (χ0) is 17.1. The third kappa shape index (κ3) is 3.19. The molecule has 0 atom stereocenters. The van der Waals surface area contributed by atoms with Crippen LogP contribution in [0.4, 0.5) is 5.95 Å². The molecule has 0 bridgehead atoms. The van der Waals surface area contributed by atoms with Crippen LogP contribution in [-0.2, 0) is 6.54 Å². The normalized spacial score (nSPS) is 10.4. The number of anilines is 1. The zero-order valence-corrected chi connectivity index (χ0v) is 13.4. The smallest absolute Gasteiger partial charge is 0.223 e. The Morgan fingerprint density at radius 2 is 1.60 bits per heavy atom. The van der Waals surface area contributed by atoms with Crippen LogP contribution in [0, 0.1) is 11.8 Å². The number of rotatable bonds is 2. The van der Waals surface area contributed by atoms with Crippen LogP contribution >= 0.6 is 0 Å². The second-order valence-electron chi connectivity index (χ2n) is 5.58. The Balaban J connectivity index is 1.76. The summed E-state index contributed by atoms with van der Waals surface area (Å²) in [7, 11) is 0. The molecular formula is C20H15N5. The van der Waals surface area contributed by atoms with E-state index in [9.17, 15) is 0 Å². The quantitative estimate of drug-likeness (QED) is 0.575. The van der Waals surface area contributed by atoms with Gasteiger partial charge in [-0.3, -0.25) is 0 Å². The van der Waals surface area contributed by atoms with Gasteiger partial charge in [-0.1, -0.05) is 54.5 Å². The van der Waals surface area contributed by atoms with Gasteiger partial charge in [-0.15, -0.1) is 0 Å². The van der Waals surface area contributed by atoms with Crippen LogP contribution in [0.15, 0.2) is 67.0 Å². The lowest BCUT2D eigenvalue weighted by Gasteiger charge is -2.04. The molecule has 4 aromatic rings. The lowest BCUT2D eigenvalue weighted by atomic mass is 10.2. The molecule has 0 radical (unpaired) electrons. The van der Waals surface area contributed by atoms with Crippen LogP contribution in [0.2, 0.25) is 0 Å². The number of fused-ring (bicyclic) bond motifs is 1. The van der Waals surface area contributed by atoms with E-state index < -0.39 is 0 Å². The van der Waals surface area contributed by atoms with Crippen LogP contribution in [0.1, 0.15) is 16.8 Å². The van der Waals surface area contributed by atoms with Gasteiger partial charge in [0.2, 0.25) is 5.95 Å². The highest BCUT2D eigenvalue weighted by Crippen LogP contribution is 2.16. The standard InChI is InChI=1S/C20H15N5/c21-20-23-17(12-11-15-7-3-1-4-8-15)18-19(24-20)25(14-22-18)13-16-9-5-2-6-10-16/h1-10,14H,13H2,(H2,21,23,24). The fourth-order valence-electron chi connectivity index (χ4n) is 2.60. The predicted octanol–water partition coefficient (Wildman–Crippen LogP) is 2.86. The summed E-state index contributed by atoms with van der Waals surface area (Å²) in [6.45, 7) is 0.666. The number of benzene rings is 2. The Morgan fingerprint density at radius 1 is 0.880 bits per heavy atom. The first kappa shape index (κ1) is 14.9. The lowest BCUT2D eigenvalue weighted by molar-refractivity contribution is 0.814. The zero-order valence-electron chi connectivity index (χ0n) is 13.4. The summed E-state index contributed by atoms with van der Waals surface area (Å²) in [6.07, 6.45) is 1.75. The van der Waals surface area contributed by atoms with Gasteiger partial charge in [-0.05, 0) is 23.6 Å². The Labute approximate surface area is 145 Å². The average Bonchev–Trinajstić information content (AvgIpc) is 3.04. The van der Waals surface area contributed by atoms with Crippen LogP contribution < -0.4 is 5.73 Å². The van der Waals surface area contributed by atoms with Gasteiger partial charge < -0.3 is 10.3 Å². The van der Waals surface area contributed by atoms with Crippen molar-refractivity contribution in [3.63, 3.8) is 0 Å². The highest BCUT2D eigenvalue weighted by atomic mass is 15.1. The minimum atomic E-state index is 0.194. The maximum Gasteiger partial charge on any atom is 0.223 e. The summed E-state index contributed by atoms with van der Waals surface area (Å²) < 4.78 is 1.95. The van der Waals surface area contributed by atoms with E-state index in [4.69, 9.17) is 5.73 Å². The van der Waals surface area contributed by atoms with Crippen molar-refractivity contribution in [3.8, 4) is 11.8 Å². The molecule has 5 heteroatoms. The summed E-state index contributed by atoms with van der Waals surface area (Å²) >= 11 is 0. The Bertz CT molecular complexity index is 1070. The Hall–Kier alpha value is -3.65. The number of nitrogens with zero attached hydrogens (tertiary/aromatic N) is 4. The molecule has 120 valence electrons. The van der Waals surface area contributed by atoms with E-state index >= 15 is 0 Å². The van der Waals surface area contributed by atoms with Crippen LogP contribution in [0.3, 0.4) is 0 Å². The largest absolute Gasteiger partial charge is 0.368 e. The van der Waals surface area contributed by atoms with E-state index in [1.165, 1.54) is 0 Å². The summed E-state index contributed by atoms with van der Waals surface area (Å²) in [5, 5.41) is 0. The van der Waals surface area contributed by atoms with E-state index in [1.54, 1.807) is 6.33 Å². The molecule has 2 aromatic carbocycles. The van der Waals surface area contributed by atoms with Gasteiger partial charge in [-0.2, -0.15) is 4.98 Å². The number of imidazole rings is 1. The molecule has 0 unspecified atom stereocenters. The summed E-state index contributed by atoms with van der Waals surface area (Å²) in [5.41, 5.74) is 9.85. The molecule has 0 amide bonds. The Morgan fingerprint density at radius 3 is 2.36 bits per heavy atom. The minimum Gasteiger partial charge on any atom is -0.368 e. The molecule has 0 saturated heterocycles. The van der Waals surface area contributed by atoms with E-state index in [0.717, 1.165) is 11.1 Å². The lowest BCUT2D eigenvalue weighted by Crippen LogP contribution is -2.03. The maximum absolute atomic E-state index is 5.88. The van der Waals surface area contributed by atoms with E-state index in [2.05, 4.69) is 38.9 Å². The fraction of sp³-hybridized carbons (Fsp3) is 0.0500. The van der Waals surface area contributed by atoms with Crippen LogP contribution in [0.25, 0.3) is 11.2 Å². The van der Waals surface area contributed by atoms with Gasteiger partial charge in [0.05, 0.1) is 12.9 Å². The molecule has 0 aliphatic carbocycles. The molecule has 0 fully saturated rings. The molecule has 4 rings (SSSR count). The molecule has 2 aromatic heterocycles. The topological polar surface area (TPSA) is 69.6 Å². The van der Waals surface area contributed by atoms with Crippen molar-refractivity contribution in [1.29, 1.82) is 0 Å². The summed E-state index contributed by atoms with van der Waals surface area (Å²) in [5.74, 6) is 6.35. The van der Waals surface area contributed by atoms with E-state index in [0.29, 0.717) is 23.4 Å². The molecular weight excluding hydrogens is 310 g/mol. The second kappa shape index (κ2) is 6.46. The summed E-state index contributed by atoms with van der Waals surface area (Å²) in [4.78, 5) is 13.0. The van der Waals surface area contributed by atoms with Crippen LogP contribution in [0.5, 0.6) is 0 Å². The predicted molar refractivity (Wildman–Crippen MR) is 97.7 cm³/mol. The molecule has 2 heterocycles. The number of hydrogen-bond donors (Lipinski definition) is 1. The first-order valence-electron chi connectivity index (χ1n) is 7.89. The fourth-order valence-corrected chi connectivity index (χ4v) is 2.60. The molecule has 5 nitrogen and oxygen atoms in total. The highest BCUT2D eigenvalue weighted by Gasteiger charge is 2.11. The SMILES string of the molecule is Nc1nc(C#Cc2ccccc2)c2ncn(Cc3ccccc3)c2n1. The first-order valence-corrected chi connectivity index (χ1v) is 7.89. The van der Waals surface area contributed by atoms with Crippen molar-refractivity contribution in [2.24, 2.45) is 0 Å². The van der Waals surface area contributed by atoms with Crippen molar-refractivity contribution < 1.29 is 0 Å².